The highest BCUT2D eigenvalue weighted by molar-refractivity contribution is 7.89. The number of aryl methyl sites for hydroxylation is 2. The maximum absolute atomic E-state index is 12.9. The van der Waals surface area contributed by atoms with Crippen LogP contribution in [0.3, 0.4) is 0 Å². The minimum absolute atomic E-state index is 0.205. The molecule has 1 aliphatic rings. The Hall–Kier alpha value is -1.77. The van der Waals surface area contributed by atoms with Gasteiger partial charge in [0.2, 0.25) is 21.8 Å². The van der Waals surface area contributed by atoms with Crippen LogP contribution in [0.1, 0.15) is 42.7 Å². The smallest absolute Gasteiger partial charge is 0.243 e. The van der Waals surface area contributed by atoms with Gasteiger partial charge in [0.1, 0.15) is 0 Å². The number of sulfonamides is 1. The van der Waals surface area contributed by atoms with Crippen LogP contribution in [-0.4, -0.2) is 54.0 Å². The fourth-order valence-electron chi connectivity index (χ4n) is 3.11. The number of aromatic nitrogens is 2. The number of piperazine rings is 1. The molecule has 1 aliphatic heterocycles. The van der Waals surface area contributed by atoms with Crippen LogP contribution in [0.2, 0.25) is 0 Å². The largest absolute Gasteiger partial charge is 0.424 e. The summed E-state index contributed by atoms with van der Waals surface area (Å²) in [5.41, 5.74) is 1.85. The van der Waals surface area contributed by atoms with Crippen molar-refractivity contribution in [1.82, 2.24) is 19.4 Å². The van der Waals surface area contributed by atoms with Gasteiger partial charge in [0.05, 0.1) is 11.4 Å². The topological polar surface area (TPSA) is 79.5 Å². The molecule has 0 saturated carbocycles. The second-order valence-electron chi connectivity index (χ2n) is 7.14. The molecule has 0 atom stereocenters. The molecule has 1 fully saturated rings. The van der Waals surface area contributed by atoms with E-state index in [1.807, 2.05) is 39.8 Å². The van der Waals surface area contributed by atoms with Gasteiger partial charge in [0, 0.05) is 32.1 Å². The summed E-state index contributed by atoms with van der Waals surface area (Å²) >= 11 is 0. The highest BCUT2D eigenvalue weighted by Gasteiger charge is 2.30. The van der Waals surface area contributed by atoms with Crippen LogP contribution in [0.15, 0.2) is 27.5 Å². The summed E-state index contributed by atoms with van der Waals surface area (Å²) in [5.74, 6) is 1.42. The zero-order valence-electron chi connectivity index (χ0n) is 15.8. The Kier molecular flexibility index (Phi) is 5.45. The number of nitrogens with zero attached hydrogens (tertiary/aromatic N) is 4. The van der Waals surface area contributed by atoms with E-state index in [0.29, 0.717) is 49.4 Å². The lowest BCUT2D eigenvalue weighted by molar-refractivity contribution is 0.167. The number of hydrogen-bond donors (Lipinski definition) is 0. The fourth-order valence-corrected chi connectivity index (χ4v) is 4.74. The second kappa shape index (κ2) is 7.46. The number of benzene rings is 1. The summed E-state index contributed by atoms with van der Waals surface area (Å²) < 4.78 is 33.1. The van der Waals surface area contributed by atoms with Gasteiger partial charge in [-0.1, -0.05) is 31.5 Å². The van der Waals surface area contributed by atoms with Crippen LogP contribution < -0.4 is 0 Å². The Balaban J connectivity index is 1.64. The Morgan fingerprint density at radius 3 is 2.38 bits per heavy atom. The molecule has 3 rings (SSSR count). The van der Waals surface area contributed by atoms with E-state index < -0.39 is 10.0 Å². The molecular weight excluding hydrogens is 352 g/mol. The third-order valence-electron chi connectivity index (χ3n) is 4.61. The lowest BCUT2D eigenvalue weighted by atomic mass is 10.2. The molecular formula is C18H26N4O3S. The van der Waals surface area contributed by atoms with Crippen LogP contribution in [-0.2, 0) is 16.6 Å². The van der Waals surface area contributed by atoms with Gasteiger partial charge in [0.15, 0.2) is 0 Å². The SMILES string of the molecule is Cc1ccc(S(=O)(=O)N2CCN(Cc3nnc(C(C)C)o3)CC2)c(C)c1. The van der Waals surface area contributed by atoms with Crippen molar-refractivity contribution in [1.29, 1.82) is 0 Å². The Morgan fingerprint density at radius 2 is 1.81 bits per heavy atom. The fraction of sp³-hybridized carbons (Fsp3) is 0.556. The Labute approximate surface area is 155 Å². The van der Waals surface area contributed by atoms with Gasteiger partial charge in [-0.25, -0.2) is 8.42 Å². The molecule has 1 aromatic carbocycles. The van der Waals surface area contributed by atoms with Gasteiger partial charge in [-0.05, 0) is 25.5 Å². The first-order valence-electron chi connectivity index (χ1n) is 8.89. The van der Waals surface area contributed by atoms with Gasteiger partial charge in [-0.3, -0.25) is 4.90 Å². The second-order valence-corrected chi connectivity index (χ2v) is 9.04. The first kappa shape index (κ1) is 19.0. The van der Waals surface area contributed by atoms with Crippen molar-refractivity contribution in [2.24, 2.45) is 0 Å². The summed E-state index contributed by atoms with van der Waals surface area (Å²) in [7, 11) is -3.46. The summed E-state index contributed by atoms with van der Waals surface area (Å²) in [5, 5.41) is 8.12. The van der Waals surface area contributed by atoms with Crippen molar-refractivity contribution < 1.29 is 12.8 Å². The third-order valence-corrected chi connectivity index (χ3v) is 6.67. The van der Waals surface area contributed by atoms with E-state index in [1.165, 1.54) is 0 Å². The van der Waals surface area contributed by atoms with E-state index >= 15 is 0 Å². The molecule has 0 spiro atoms. The van der Waals surface area contributed by atoms with Gasteiger partial charge in [-0.15, -0.1) is 10.2 Å². The van der Waals surface area contributed by atoms with Crippen LogP contribution in [0, 0.1) is 13.8 Å². The van der Waals surface area contributed by atoms with Crippen LogP contribution in [0.25, 0.3) is 0 Å². The van der Waals surface area contributed by atoms with Crippen LogP contribution in [0.5, 0.6) is 0 Å². The van der Waals surface area contributed by atoms with E-state index in [2.05, 4.69) is 15.1 Å². The molecule has 7 nitrogen and oxygen atoms in total. The van der Waals surface area contributed by atoms with E-state index in [4.69, 9.17) is 4.42 Å². The molecule has 8 heteroatoms. The van der Waals surface area contributed by atoms with E-state index in [-0.39, 0.29) is 5.92 Å². The quantitative estimate of drug-likeness (QED) is 0.794. The van der Waals surface area contributed by atoms with Gasteiger partial charge in [0.25, 0.3) is 0 Å². The minimum atomic E-state index is -3.46. The summed E-state index contributed by atoms with van der Waals surface area (Å²) in [6.45, 7) is 10.6. The van der Waals surface area contributed by atoms with Crippen LogP contribution >= 0.6 is 0 Å². The predicted octanol–water partition coefficient (Wildman–Crippen LogP) is 2.32. The molecule has 0 unspecified atom stereocenters. The highest BCUT2D eigenvalue weighted by Crippen LogP contribution is 2.22. The van der Waals surface area contributed by atoms with E-state index in [1.54, 1.807) is 10.4 Å². The average Bonchev–Trinajstić information content (AvgIpc) is 3.04. The van der Waals surface area contributed by atoms with E-state index in [0.717, 1.165) is 11.1 Å². The van der Waals surface area contributed by atoms with Crippen molar-refractivity contribution in [2.45, 2.75) is 45.1 Å². The minimum Gasteiger partial charge on any atom is -0.424 e. The molecule has 1 aromatic heterocycles. The summed E-state index contributed by atoms with van der Waals surface area (Å²) in [6.07, 6.45) is 0. The maximum atomic E-state index is 12.9. The van der Waals surface area contributed by atoms with Crippen molar-refractivity contribution in [3.63, 3.8) is 0 Å². The molecule has 0 aliphatic carbocycles. The van der Waals surface area contributed by atoms with E-state index in [9.17, 15) is 8.42 Å². The summed E-state index contributed by atoms with van der Waals surface area (Å²) in [6, 6.07) is 5.46. The highest BCUT2D eigenvalue weighted by atomic mass is 32.2. The maximum Gasteiger partial charge on any atom is 0.243 e. The molecule has 0 radical (unpaired) electrons. The van der Waals surface area contributed by atoms with Crippen molar-refractivity contribution in [2.75, 3.05) is 26.2 Å². The first-order chi connectivity index (χ1) is 12.3. The normalized spacial score (nSPS) is 17.1. The molecule has 0 bridgehead atoms. The molecule has 0 N–H and O–H groups in total. The monoisotopic (exact) mass is 378 g/mol. The molecule has 2 aromatic rings. The Morgan fingerprint density at radius 1 is 1.12 bits per heavy atom. The average molecular weight is 378 g/mol. The summed E-state index contributed by atoms with van der Waals surface area (Å²) in [4.78, 5) is 2.54. The van der Waals surface area contributed by atoms with Gasteiger partial charge >= 0.3 is 0 Å². The first-order valence-corrected chi connectivity index (χ1v) is 10.3. The van der Waals surface area contributed by atoms with Gasteiger partial charge < -0.3 is 4.42 Å². The predicted molar refractivity (Wildman–Crippen MR) is 98.3 cm³/mol. The van der Waals surface area contributed by atoms with Crippen molar-refractivity contribution >= 4 is 10.0 Å². The lowest BCUT2D eigenvalue weighted by Crippen LogP contribution is -2.48. The van der Waals surface area contributed by atoms with Gasteiger partial charge in [-0.2, -0.15) is 4.31 Å². The number of rotatable bonds is 5. The third kappa shape index (κ3) is 3.97. The zero-order chi connectivity index (χ0) is 18.9. The molecule has 26 heavy (non-hydrogen) atoms. The van der Waals surface area contributed by atoms with Crippen LogP contribution in [0.4, 0.5) is 0 Å². The van der Waals surface area contributed by atoms with Crippen molar-refractivity contribution in [3.8, 4) is 0 Å². The molecule has 142 valence electrons. The standard InChI is InChI=1S/C18H26N4O3S/c1-13(2)18-20-19-17(25-18)12-21-7-9-22(10-8-21)26(23,24)16-6-5-14(3)11-15(16)4/h5-6,11,13H,7-10,12H2,1-4H3. The molecule has 1 saturated heterocycles. The number of hydrogen-bond acceptors (Lipinski definition) is 6. The zero-order valence-corrected chi connectivity index (χ0v) is 16.6. The molecule has 0 amide bonds. The Bertz CT molecular complexity index is 868. The van der Waals surface area contributed by atoms with Crippen molar-refractivity contribution in [3.05, 3.63) is 41.1 Å². The molecule has 2 heterocycles. The lowest BCUT2D eigenvalue weighted by Gasteiger charge is -2.33.